The first kappa shape index (κ1) is 14.8. The number of benzene rings is 1. The van der Waals surface area contributed by atoms with Gasteiger partial charge >= 0.3 is 5.69 Å². The lowest BCUT2D eigenvalue weighted by Gasteiger charge is -2.12. The predicted molar refractivity (Wildman–Crippen MR) is 66.7 cm³/mol. The van der Waals surface area contributed by atoms with Crippen LogP contribution < -0.4 is 4.89 Å². The summed E-state index contributed by atoms with van der Waals surface area (Å²) in [5, 5.41) is 10.5. The van der Waals surface area contributed by atoms with Gasteiger partial charge in [-0.15, -0.1) is 0 Å². The van der Waals surface area contributed by atoms with Gasteiger partial charge in [-0.3, -0.25) is 15.0 Å². The van der Waals surface area contributed by atoms with Gasteiger partial charge in [0.25, 0.3) is 10.0 Å². The van der Waals surface area contributed by atoms with E-state index in [-0.39, 0.29) is 6.10 Å². The van der Waals surface area contributed by atoms with Gasteiger partial charge in [0.05, 0.1) is 15.9 Å². The predicted octanol–water partition coefficient (Wildman–Crippen LogP) is 1.89. The monoisotopic (exact) mass is 304 g/mol. The highest BCUT2D eigenvalue weighted by Gasteiger charge is 2.23. The second-order valence-electron chi connectivity index (χ2n) is 4.48. The molecule has 9 heteroatoms. The van der Waals surface area contributed by atoms with Crippen LogP contribution in [0.5, 0.6) is 0 Å². The average molecular weight is 304 g/mol. The minimum absolute atomic E-state index is 0.187. The lowest BCUT2D eigenvalue weighted by Crippen LogP contribution is -2.28. The summed E-state index contributed by atoms with van der Waals surface area (Å²) in [5.74, 6) is -1.21. The maximum absolute atomic E-state index is 13.4. The molecule has 1 fully saturated rings. The van der Waals surface area contributed by atoms with E-state index in [2.05, 4.69) is 0 Å². The normalized spacial score (nSPS) is 16.4. The summed E-state index contributed by atoms with van der Waals surface area (Å²) in [7, 11) is -4.05. The number of nitrogens with zero attached hydrogens (tertiary/aromatic N) is 1. The molecular weight excluding hydrogens is 291 g/mol. The molecule has 0 aliphatic heterocycles. The third kappa shape index (κ3) is 3.30. The standard InChI is InChI=1S/C11H13FN2O5S/c12-10-7-9(5-6-11(10)14(15)16)20(17,18)13-19-8-3-1-2-4-8/h5-8,13H,1-4H2. The molecule has 2 rings (SSSR count). The van der Waals surface area contributed by atoms with Crippen LogP contribution in [0, 0.1) is 15.9 Å². The van der Waals surface area contributed by atoms with Gasteiger partial charge in [-0.1, -0.05) is 17.7 Å². The number of nitro benzene ring substituents is 1. The van der Waals surface area contributed by atoms with E-state index in [9.17, 15) is 22.9 Å². The maximum atomic E-state index is 13.4. The van der Waals surface area contributed by atoms with Gasteiger partial charge in [0.15, 0.2) is 0 Å². The number of hydrogen-bond acceptors (Lipinski definition) is 5. The van der Waals surface area contributed by atoms with Gasteiger partial charge < -0.3 is 0 Å². The second kappa shape index (κ2) is 5.81. The van der Waals surface area contributed by atoms with Crippen LogP contribution in [0.25, 0.3) is 0 Å². The molecule has 1 aromatic carbocycles. The van der Waals surface area contributed by atoms with E-state index in [4.69, 9.17) is 4.84 Å². The van der Waals surface area contributed by atoms with Crippen LogP contribution in [0.4, 0.5) is 10.1 Å². The summed E-state index contributed by atoms with van der Waals surface area (Å²) in [6.45, 7) is 0. The Balaban J connectivity index is 2.12. The molecular formula is C11H13FN2O5S. The van der Waals surface area contributed by atoms with Crippen LogP contribution in [-0.4, -0.2) is 19.4 Å². The molecule has 1 N–H and O–H groups in total. The van der Waals surface area contributed by atoms with E-state index in [1.807, 2.05) is 4.89 Å². The molecule has 1 aromatic rings. The van der Waals surface area contributed by atoms with Crippen molar-refractivity contribution in [3.05, 3.63) is 34.1 Å². The molecule has 0 aromatic heterocycles. The summed E-state index contributed by atoms with van der Waals surface area (Å²) >= 11 is 0. The van der Waals surface area contributed by atoms with Crippen molar-refractivity contribution < 1.29 is 22.6 Å². The largest absolute Gasteiger partial charge is 0.304 e. The van der Waals surface area contributed by atoms with E-state index < -0.39 is 31.3 Å². The summed E-state index contributed by atoms with van der Waals surface area (Å²) in [6, 6.07) is 2.36. The minimum Gasteiger partial charge on any atom is -0.284 e. The van der Waals surface area contributed by atoms with Crippen LogP contribution in [0.3, 0.4) is 0 Å². The third-order valence-electron chi connectivity index (χ3n) is 3.05. The fourth-order valence-electron chi connectivity index (χ4n) is 1.99. The van der Waals surface area contributed by atoms with Gasteiger partial charge in [0, 0.05) is 12.1 Å². The van der Waals surface area contributed by atoms with E-state index in [1.54, 1.807) is 0 Å². The van der Waals surface area contributed by atoms with Crippen molar-refractivity contribution in [2.45, 2.75) is 36.7 Å². The van der Waals surface area contributed by atoms with Gasteiger partial charge in [-0.2, -0.15) is 4.39 Å². The van der Waals surface area contributed by atoms with Crippen molar-refractivity contribution >= 4 is 15.7 Å². The zero-order valence-electron chi connectivity index (χ0n) is 10.4. The van der Waals surface area contributed by atoms with Crippen LogP contribution in [0.2, 0.25) is 0 Å². The Morgan fingerprint density at radius 2 is 2.00 bits per heavy atom. The molecule has 0 spiro atoms. The van der Waals surface area contributed by atoms with Gasteiger partial charge in [-0.25, -0.2) is 8.42 Å². The van der Waals surface area contributed by atoms with E-state index in [0.717, 1.165) is 37.8 Å². The molecule has 0 unspecified atom stereocenters. The molecule has 1 aliphatic carbocycles. The van der Waals surface area contributed by atoms with Crippen molar-refractivity contribution in [1.82, 2.24) is 4.89 Å². The van der Waals surface area contributed by atoms with Crippen molar-refractivity contribution in [3.63, 3.8) is 0 Å². The zero-order valence-corrected chi connectivity index (χ0v) is 11.2. The molecule has 20 heavy (non-hydrogen) atoms. The number of halogens is 1. The SMILES string of the molecule is O=[N+]([O-])c1ccc(S(=O)(=O)NOC2CCCC2)cc1F. The average Bonchev–Trinajstić information content (AvgIpc) is 2.89. The quantitative estimate of drug-likeness (QED) is 0.661. The van der Waals surface area contributed by atoms with Gasteiger partial charge in [0.2, 0.25) is 5.82 Å². The first-order valence-corrected chi connectivity index (χ1v) is 7.50. The highest BCUT2D eigenvalue weighted by molar-refractivity contribution is 7.89. The first-order valence-electron chi connectivity index (χ1n) is 6.01. The van der Waals surface area contributed by atoms with Crippen LogP contribution >= 0.6 is 0 Å². The van der Waals surface area contributed by atoms with Crippen molar-refractivity contribution in [3.8, 4) is 0 Å². The second-order valence-corrected chi connectivity index (χ2v) is 6.13. The fraction of sp³-hybridized carbons (Fsp3) is 0.455. The molecule has 7 nitrogen and oxygen atoms in total. The summed E-state index contributed by atoms with van der Waals surface area (Å²) in [5.41, 5.74) is -0.777. The highest BCUT2D eigenvalue weighted by Crippen LogP contribution is 2.23. The molecule has 0 saturated heterocycles. The van der Waals surface area contributed by atoms with Crippen LogP contribution in [0.1, 0.15) is 25.7 Å². The summed E-state index contributed by atoms with van der Waals surface area (Å²) in [4.78, 5) is 16.1. The Morgan fingerprint density at radius 1 is 1.35 bits per heavy atom. The van der Waals surface area contributed by atoms with Gasteiger partial charge in [-0.05, 0) is 18.9 Å². The first-order chi connectivity index (χ1) is 9.40. The topological polar surface area (TPSA) is 98.5 Å². The Bertz CT molecular complexity index is 613. The number of rotatable bonds is 5. The number of hydrogen-bond donors (Lipinski definition) is 1. The number of nitro groups is 1. The van der Waals surface area contributed by atoms with Crippen LogP contribution in [0.15, 0.2) is 23.1 Å². The molecule has 1 aliphatic rings. The number of sulfonamides is 1. The summed E-state index contributed by atoms with van der Waals surface area (Å²) < 4.78 is 37.1. The molecule has 0 radical (unpaired) electrons. The van der Waals surface area contributed by atoms with Gasteiger partial charge in [0.1, 0.15) is 0 Å². The Labute approximate surface area is 114 Å². The minimum atomic E-state index is -4.05. The molecule has 110 valence electrons. The smallest absolute Gasteiger partial charge is 0.284 e. The molecule has 0 amide bonds. The zero-order chi connectivity index (χ0) is 14.8. The lowest BCUT2D eigenvalue weighted by molar-refractivity contribution is -0.387. The van der Waals surface area contributed by atoms with Crippen molar-refractivity contribution in [1.29, 1.82) is 0 Å². The molecule has 1 saturated carbocycles. The molecule has 0 atom stereocenters. The third-order valence-corrected chi connectivity index (χ3v) is 4.24. The van der Waals surface area contributed by atoms with Crippen LogP contribution in [-0.2, 0) is 14.9 Å². The Morgan fingerprint density at radius 3 is 2.55 bits per heavy atom. The van der Waals surface area contributed by atoms with Crippen molar-refractivity contribution in [2.75, 3.05) is 0 Å². The molecule has 0 heterocycles. The maximum Gasteiger partial charge on any atom is 0.304 e. The Hall–Kier alpha value is -1.58. The van der Waals surface area contributed by atoms with E-state index in [1.165, 1.54) is 0 Å². The molecule has 0 bridgehead atoms. The van der Waals surface area contributed by atoms with E-state index in [0.29, 0.717) is 6.07 Å². The fourth-order valence-corrected chi connectivity index (χ4v) is 2.85. The summed E-state index contributed by atoms with van der Waals surface area (Å²) in [6.07, 6.45) is 3.28. The lowest BCUT2D eigenvalue weighted by atomic mass is 10.3. The van der Waals surface area contributed by atoms with E-state index >= 15 is 0 Å². The van der Waals surface area contributed by atoms with Crippen molar-refractivity contribution in [2.24, 2.45) is 0 Å². The highest BCUT2D eigenvalue weighted by atomic mass is 32.2. The number of nitrogens with one attached hydrogen (secondary N) is 1. The Kier molecular flexibility index (Phi) is 4.31.